The van der Waals surface area contributed by atoms with E-state index < -0.39 is 11.1 Å². The highest BCUT2D eigenvalue weighted by atomic mass is 79.9. The first-order chi connectivity index (χ1) is 7.06. The Morgan fingerprint density at radius 2 is 1.87 bits per heavy atom. The Balaban J connectivity index is 3.04. The van der Waals surface area contributed by atoms with Crippen LogP contribution in [0.3, 0.4) is 0 Å². The predicted octanol–water partition coefficient (Wildman–Crippen LogP) is 2.16. The maximum Gasteiger partial charge on any atom is 0.186 e. The van der Waals surface area contributed by atoms with E-state index in [4.69, 9.17) is 14.4 Å². The predicted molar refractivity (Wildman–Crippen MR) is 63.5 cm³/mol. The molecule has 0 saturated heterocycles. The molecule has 4 nitrogen and oxygen atoms in total. The second-order valence-electron chi connectivity index (χ2n) is 2.54. The Kier molecular flexibility index (Phi) is 5.20. The second kappa shape index (κ2) is 5.95. The summed E-state index contributed by atoms with van der Waals surface area (Å²) in [7, 11) is 0. The van der Waals surface area contributed by atoms with Crippen molar-refractivity contribution in [3.05, 3.63) is 21.1 Å². The standard InChI is InChI=1S/C8H8Br2O4S/c9-6-3-5(15(12)13)4-7(10)8(6)14-2-1-11/h3-4,11H,1-2H2,(H,12,13). The number of rotatable bonds is 4. The first-order valence-electron chi connectivity index (χ1n) is 3.90. The topological polar surface area (TPSA) is 66.8 Å². The molecule has 0 radical (unpaired) electrons. The summed E-state index contributed by atoms with van der Waals surface area (Å²) in [6.07, 6.45) is 0. The lowest BCUT2D eigenvalue weighted by molar-refractivity contribution is 0.200. The van der Waals surface area contributed by atoms with Crippen LogP contribution < -0.4 is 4.74 Å². The van der Waals surface area contributed by atoms with E-state index in [0.29, 0.717) is 14.7 Å². The van der Waals surface area contributed by atoms with E-state index in [1.54, 1.807) is 0 Å². The van der Waals surface area contributed by atoms with Crippen molar-refractivity contribution in [2.75, 3.05) is 13.2 Å². The first-order valence-corrected chi connectivity index (χ1v) is 6.59. The van der Waals surface area contributed by atoms with Crippen LogP contribution in [0.1, 0.15) is 0 Å². The highest BCUT2D eigenvalue weighted by Gasteiger charge is 2.11. The van der Waals surface area contributed by atoms with Gasteiger partial charge in [0.1, 0.15) is 12.4 Å². The zero-order valence-corrected chi connectivity index (χ0v) is 11.4. The van der Waals surface area contributed by atoms with Gasteiger partial charge in [0.2, 0.25) is 0 Å². The third-order valence-electron chi connectivity index (χ3n) is 1.51. The average molecular weight is 360 g/mol. The molecule has 15 heavy (non-hydrogen) atoms. The number of hydrogen-bond acceptors (Lipinski definition) is 3. The van der Waals surface area contributed by atoms with Gasteiger partial charge in [-0.1, -0.05) is 0 Å². The van der Waals surface area contributed by atoms with Gasteiger partial charge in [0.15, 0.2) is 11.1 Å². The molecule has 0 aliphatic carbocycles. The molecule has 0 aromatic heterocycles. The fourth-order valence-electron chi connectivity index (χ4n) is 0.923. The van der Waals surface area contributed by atoms with Crippen LogP contribution in [0.5, 0.6) is 5.75 Å². The molecule has 1 unspecified atom stereocenters. The maximum absolute atomic E-state index is 10.8. The molecule has 0 fully saturated rings. The summed E-state index contributed by atoms with van der Waals surface area (Å²) in [5.41, 5.74) is 0. The van der Waals surface area contributed by atoms with Crippen molar-refractivity contribution < 1.29 is 18.6 Å². The van der Waals surface area contributed by atoms with E-state index in [1.165, 1.54) is 12.1 Å². The van der Waals surface area contributed by atoms with Crippen molar-refractivity contribution in [2.24, 2.45) is 0 Å². The molecule has 1 rings (SSSR count). The lowest BCUT2D eigenvalue weighted by Crippen LogP contribution is -2.03. The number of halogens is 2. The van der Waals surface area contributed by atoms with Gasteiger partial charge in [-0.2, -0.15) is 0 Å². The lowest BCUT2D eigenvalue weighted by Gasteiger charge is -2.09. The van der Waals surface area contributed by atoms with Gasteiger partial charge in [-0.05, 0) is 44.0 Å². The molecule has 0 aliphatic heterocycles. The molecule has 0 bridgehead atoms. The van der Waals surface area contributed by atoms with Crippen LogP contribution in [0.2, 0.25) is 0 Å². The molecule has 0 saturated carbocycles. The smallest absolute Gasteiger partial charge is 0.186 e. The summed E-state index contributed by atoms with van der Waals surface area (Å²) >= 11 is 4.40. The Morgan fingerprint density at radius 1 is 1.33 bits per heavy atom. The van der Waals surface area contributed by atoms with Crippen LogP contribution in [0.4, 0.5) is 0 Å². The minimum absolute atomic E-state index is 0.0907. The maximum atomic E-state index is 10.8. The van der Waals surface area contributed by atoms with Gasteiger partial charge in [0.05, 0.1) is 20.4 Å². The molecule has 0 amide bonds. The van der Waals surface area contributed by atoms with E-state index >= 15 is 0 Å². The van der Waals surface area contributed by atoms with Crippen molar-refractivity contribution in [3.8, 4) is 5.75 Å². The van der Waals surface area contributed by atoms with Crippen molar-refractivity contribution in [3.63, 3.8) is 0 Å². The first kappa shape index (κ1) is 13.1. The van der Waals surface area contributed by atoms with Gasteiger partial charge in [-0.15, -0.1) is 0 Å². The van der Waals surface area contributed by atoms with Crippen LogP contribution in [-0.2, 0) is 11.1 Å². The zero-order chi connectivity index (χ0) is 11.4. The molecular weight excluding hydrogens is 352 g/mol. The van der Waals surface area contributed by atoms with Crippen LogP contribution in [0.25, 0.3) is 0 Å². The summed E-state index contributed by atoms with van der Waals surface area (Å²) in [5.74, 6) is 0.498. The van der Waals surface area contributed by atoms with E-state index in [2.05, 4.69) is 31.9 Å². The Bertz CT molecular complexity index is 360. The highest BCUT2D eigenvalue weighted by molar-refractivity contribution is 9.11. The lowest BCUT2D eigenvalue weighted by atomic mass is 10.3. The monoisotopic (exact) mass is 358 g/mol. The van der Waals surface area contributed by atoms with E-state index in [0.717, 1.165) is 0 Å². The summed E-state index contributed by atoms with van der Waals surface area (Å²) < 4.78 is 26.1. The third kappa shape index (κ3) is 3.53. The number of aliphatic hydroxyl groups is 1. The van der Waals surface area contributed by atoms with Crippen LogP contribution >= 0.6 is 31.9 Å². The molecule has 0 aliphatic rings. The van der Waals surface area contributed by atoms with Crippen molar-refractivity contribution >= 4 is 42.9 Å². The molecular formula is C8H8Br2O4S. The van der Waals surface area contributed by atoms with E-state index in [9.17, 15) is 4.21 Å². The van der Waals surface area contributed by atoms with E-state index in [-0.39, 0.29) is 18.1 Å². The fraction of sp³-hybridized carbons (Fsp3) is 0.250. The summed E-state index contributed by atoms with van der Waals surface area (Å²) in [5, 5.41) is 8.61. The molecule has 0 spiro atoms. The molecule has 0 heterocycles. The molecule has 1 aromatic carbocycles. The number of hydrogen-bond donors (Lipinski definition) is 2. The normalized spacial score (nSPS) is 12.5. The van der Waals surface area contributed by atoms with Gasteiger partial charge >= 0.3 is 0 Å². The second-order valence-corrected chi connectivity index (χ2v) is 5.22. The van der Waals surface area contributed by atoms with Gasteiger partial charge < -0.3 is 14.4 Å². The summed E-state index contributed by atoms with van der Waals surface area (Å²) in [6.45, 7) is 0.0747. The number of ether oxygens (including phenoxy) is 1. The summed E-state index contributed by atoms with van der Waals surface area (Å²) in [6, 6.07) is 2.99. The van der Waals surface area contributed by atoms with Crippen molar-refractivity contribution in [1.82, 2.24) is 0 Å². The van der Waals surface area contributed by atoms with Crippen molar-refractivity contribution in [1.29, 1.82) is 0 Å². The molecule has 2 N–H and O–H groups in total. The average Bonchev–Trinajstić information content (AvgIpc) is 2.16. The van der Waals surface area contributed by atoms with Crippen LogP contribution in [0, 0.1) is 0 Å². The van der Waals surface area contributed by atoms with Gasteiger partial charge in [-0.25, -0.2) is 4.21 Å². The molecule has 84 valence electrons. The van der Waals surface area contributed by atoms with Crippen LogP contribution in [-0.4, -0.2) is 27.1 Å². The Morgan fingerprint density at radius 3 is 2.27 bits per heavy atom. The van der Waals surface area contributed by atoms with Gasteiger partial charge in [0.25, 0.3) is 0 Å². The Hall–Kier alpha value is 0.0500. The largest absolute Gasteiger partial charge is 0.489 e. The Labute approximate surface area is 106 Å². The molecule has 1 aromatic rings. The number of aliphatic hydroxyl groups excluding tert-OH is 1. The van der Waals surface area contributed by atoms with Gasteiger partial charge in [0, 0.05) is 0 Å². The highest BCUT2D eigenvalue weighted by Crippen LogP contribution is 2.35. The van der Waals surface area contributed by atoms with Crippen LogP contribution in [0.15, 0.2) is 26.0 Å². The van der Waals surface area contributed by atoms with E-state index in [1.807, 2.05) is 0 Å². The quantitative estimate of drug-likeness (QED) is 0.808. The third-order valence-corrected chi connectivity index (χ3v) is 3.33. The summed E-state index contributed by atoms with van der Waals surface area (Å²) in [4.78, 5) is 0.269. The van der Waals surface area contributed by atoms with Gasteiger partial charge in [-0.3, -0.25) is 0 Å². The zero-order valence-electron chi connectivity index (χ0n) is 7.44. The molecule has 7 heteroatoms. The minimum Gasteiger partial charge on any atom is -0.489 e. The fourth-order valence-corrected chi connectivity index (χ4v) is 3.08. The number of benzene rings is 1. The van der Waals surface area contributed by atoms with Crippen molar-refractivity contribution in [2.45, 2.75) is 4.90 Å². The molecule has 1 atom stereocenters. The SMILES string of the molecule is O=S(O)c1cc(Br)c(OCCO)c(Br)c1. The minimum atomic E-state index is -2.03.